The molecule has 0 saturated carbocycles. The highest BCUT2D eigenvalue weighted by molar-refractivity contribution is 6.42. The molecule has 0 aliphatic carbocycles. The molecule has 0 fully saturated rings. The van der Waals surface area contributed by atoms with Crippen LogP contribution in [0.2, 0.25) is 10.0 Å². The van der Waals surface area contributed by atoms with Gasteiger partial charge < -0.3 is 16.0 Å². The first-order valence-corrected chi connectivity index (χ1v) is 6.51. The maximum atomic E-state index is 11.6. The summed E-state index contributed by atoms with van der Waals surface area (Å²) in [7, 11) is 0. The van der Waals surface area contributed by atoms with Crippen molar-refractivity contribution in [2.75, 3.05) is 18.4 Å². The second-order valence-corrected chi connectivity index (χ2v) is 4.60. The van der Waals surface area contributed by atoms with E-state index in [0.29, 0.717) is 30.1 Å². The van der Waals surface area contributed by atoms with Gasteiger partial charge in [0.1, 0.15) is 0 Å². The Morgan fingerprint density at radius 2 is 1.90 bits per heavy atom. The van der Waals surface area contributed by atoms with E-state index in [9.17, 15) is 14.4 Å². The summed E-state index contributed by atoms with van der Waals surface area (Å²) in [6.07, 6.45) is 1.09. The Bertz CT molecular complexity index is 509. The number of carbonyl (C=O) groups is 3. The predicted molar refractivity (Wildman–Crippen MR) is 76.8 cm³/mol. The molecular weight excluding hydrogens is 305 g/mol. The first-order chi connectivity index (χ1) is 9.54. The molecule has 0 aromatic heterocycles. The summed E-state index contributed by atoms with van der Waals surface area (Å²) in [5.41, 5.74) is 0.304. The molecule has 20 heavy (non-hydrogen) atoms. The molecule has 3 N–H and O–H groups in total. The van der Waals surface area contributed by atoms with Gasteiger partial charge in [-0.1, -0.05) is 23.2 Å². The van der Waals surface area contributed by atoms with Crippen molar-refractivity contribution in [1.82, 2.24) is 10.6 Å². The minimum Gasteiger partial charge on any atom is -0.359 e. The highest BCUT2D eigenvalue weighted by atomic mass is 35.5. The molecule has 3 amide bonds. The fourth-order valence-corrected chi connectivity index (χ4v) is 1.76. The van der Waals surface area contributed by atoms with Crippen LogP contribution < -0.4 is 16.0 Å². The Hall–Kier alpha value is -1.79. The van der Waals surface area contributed by atoms with E-state index in [1.165, 1.54) is 12.1 Å². The third kappa shape index (κ3) is 5.46. The number of hydrogen-bond acceptors (Lipinski definition) is 3. The molecule has 0 unspecified atom stereocenters. The molecule has 1 rings (SSSR count). The van der Waals surface area contributed by atoms with Crippen LogP contribution in [0, 0.1) is 0 Å². The number of halogens is 2. The van der Waals surface area contributed by atoms with Crippen molar-refractivity contribution in [2.45, 2.75) is 6.42 Å². The number of carbonyl (C=O) groups excluding carboxylic acids is 3. The van der Waals surface area contributed by atoms with Crippen molar-refractivity contribution in [3.05, 3.63) is 28.2 Å². The molecule has 0 saturated heterocycles. The van der Waals surface area contributed by atoms with Gasteiger partial charge in [0.2, 0.25) is 6.41 Å². The van der Waals surface area contributed by atoms with Crippen molar-refractivity contribution in [3.63, 3.8) is 0 Å². The highest BCUT2D eigenvalue weighted by Gasteiger charge is 2.14. The fourth-order valence-electron chi connectivity index (χ4n) is 1.30. The number of benzene rings is 1. The summed E-state index contributed by atoms with van der Waals surface area (Å²) in [6, 6.07) is 4.51. The zero-order valence-corrected chi connectivity index (χ0v) is 11.9. The Balaban J connectivity index is 2.41. The molecule has 8 heteroatoms. The van der Waals surface area contributed by atoms with Gasteiger partial charge in [0.25, 0.3) is 0 Å². The lowest BCUT2D eigenvalue weighted by Gasteiger charge is -2.08. The molecule has 6 nitrogen and oxygen atoms in total. The van der Waals surface area contributed by atoms with Gasteiger partial charge in [-0.25, -0.2) is 0 Å². The van der Waals surface area contributed by atoms with Crippen LogP contribution in [0.25, 0.3) is 0 Å². The lowest BCUT2D eigenvalue weighted by molar-refractivity contribution is -0.136. The molecule has 1 aromatic rings. The molecule has 0 spiro atoms. The van der Waals surface area contributed by atoms with E-state index in [1.54, 1.807) is 6.07 Å². The van der Waals surface area contributed by atoms with Gasteiger partial charge in [0.15, 0.2) is 0 Å². The molecule has 0 heterocycles. The van der Waals surface area contributed by atoms with E-state index >= 15 is 0 Å². The summed E-state index contributed by atoms with van der Waals surface area (Å²) in [4.78, 5) is 33.0. The topological polar surface area (TPSA) is 87.3 Å². The van der Waals surface area contributed by atoms with Crippen LogP contribution >= 0.6 is 23.2 Å². The third-order valence-corrected chi connectivity index (χ3v) is 2.80. The van der Waals surface area contributed by atoms with Crippen LogP contribution in [0.4, 0.5) is 5.69 Å². The van der Waals surface area contributed by atoms with Gasteiger partial charge >= 0.3 is 11.8 Å². The maximum Gasteiger partial charge on any atom is 0.313 e. The molecule has 0 atom stereocenters. The van der Waals surface area contributed by atoms with Crippen molar-refractivity contribution in [1.29, 1.82) is 0 Å². The normalized spacial score (nSPS) is 9.70. The van der Waals surface area contributed by atoms with Crippen LogP contribution in [0.3, 0.4) is 0 Å². The molecule has 0 bridgehead atoms. The number of rotatable bonds is 6. The lowest BCUT2D eigenvalue weighted by atomic mass is 10.3. The Morgan fingerprint density at radius 1 is 1.15 bits per heavy atom. The Kier molecular flexibility index (Phi) is 6.83. The van der Waals surface area contributed by atoms with Gasteiger partial charge in [0.05, 0.1) is 10.7 Å². The summed E-state index contributed by atoms with van der Waals surface area (Å²) in [5, 5.41) is 7.91. The van der Waals surface area contributed by atoms with Crippen LogP contribution in [0.5, 0.6) is 0 Å². The van der Waals surface area contributed by atoms with E-state index in [1.807, 2.05) is 0 Å². The SMILES string of the molecule is O=CNCCCNC(=O)C(=O)Nc1ccc(Cl)cc1Cl. The average molecular weight is 318 g/mol. The largest absolute Gasteiger partial charge is 0.359 e. The van der Waals surface area contributed by atoms with E-state index < -0.39 is 11.8 Å². The van der Waals surface area contributed by atoms with Crippen molar-refractivity contribution in [2.24, 2.45) is 0 Å². The van der Waals surface area contributed by atoms with Crippen molar-refractivity contribution < 1.29 is 14.4 Å². The van der Waals surface area contributed by atoms with Crippen LogP contribution in [0.15, 0.2) is 18.2 Å². The van der Waals surface area contributed by atoms with E-state index in [-0.39, 0.29) is 11.6 Å². The van der Waals surface area contributed by atoms with E-state index in [2.05, 4.69) is 16.0 Å². The highest BCUT2D eigenvalue weighted by Crippen LogP contribution is 2.25. The predicted octanol–water partition coefficient (Wildman–Crippen LogP) is 1.18. The molecule has 0 aliphatic heterocycles. The second kappa shape index (κ2) is 8.39. The lowest BCUT2D eigenvalue weighted by Crippen LogP contribution is -2.36. The molecular formula is C12H13Cl2N3O3. The van der Waals surface area contributed by atoms with E-state index in [0.717, 1.165) is 0 Å². The number of anilines is 1. The van der Waals surface area contributed by atoms with Gasteiger partial charge in [-0.05, 0) is 24.6 Å². The zero-order chi connectivity index (χ0) is 15.0. The summed E-state index contributed by atoms with van der Waals surface area (Å²) >= 11 is 11.6. The van der Waals surface area contributed by atoms with Crippen LogP contribution in [-0.2, 0) is 14.4 Å². The molecule has 0 radical (unpaired) electrons. The van der Waals surface area contributed by atoms with Gasteiger partial charge in [-0.3, -0.25) is 14.4 Å². The third-order valence-electron chi connectivity index (χ3n) is 2.25. The maximum absolute atomic E-state index is 11.6. The molecule has 0 aliphatic rings. The molecule has 1 aromatic carbocycles. The number of amides is 3. The second-order valence-electron chi connectivity index (χ2n) is 3.76. The quantitative estimate of drug-likeness (QED) is 0.418. The smallest absolute Gasteiger partial charge is 0.313 e. The average Bonchev–Trinajstić information content (AvgIpc) is 2.41. The number of nitrogens with one attached hydrogen (secondary N) is 3. The first kappa shape index (κ1) is 16.3. The van der Waals surface area contributed by atoms with Crippen molar-refractivity contribution >= 4 is 47.1 Å². The van der Waals surface area contributed by atoms with Crippen LogP contribution in [-0.4, -0.2) is 31.3 Å². The Labute approximate surface area is 125 Å². The monoisotopic (exact) mass is 317 g/mol. The Morgan fingerprint density at radius 3 is 2.55 bits per heavy atom. The summed E-state index contributed by atoms with van der Waals surface area (Å²) in [6.45, 7) is 0.704. The zero-order valence-electron chi connectivity index (χ0n) is 10.4. The standard InChI is InChI=1S/C12H13Cl2N3O3/c13-8-2-3-10(9(14)6-8)17-12(20)11(19)16-5-1-4-15-7-18/h2-3,6-7H,1,4-5H2,(H,15,18)(H,16,19)(H,17,20). The van der Waals surface area contributed by atoms with Gasteiger partial charge in [0, 0.05) is 18.1 Å². The first-order valence-electron chi connectivity index (χ1n) is 5.76. The minimum absolute atomic E-state index is 0.244. The van der Waals surface area contributed by atoms with Crippen molar-refractivity contribution in [3.8, 4) is 0 Å². The summed E-state index contributed by atoms with van der Waals surface area (Å²) in [5.74, 6) is -1.60. The van der Waals surface area contributed by atoms with Crippen LogP contribution in [0.1, 0.15) is 6.42 Å². The fraction of sp³-hybridized carbons (Fsp3) is 0.250. The number of hydrogen-bond donors (Lipinski definition) is 3. The summed E-state index contributed by atoms with van der Waals surface area (Å²) < 4.78 is 0. The molecule has 108 valence electrons. The minimum atomic E-state index is -0.822. The van der Waals surface area contributed by atoms with Gasteiger partial charge in [-0.15, -0.1) is 0 Å². The van der Waals surface area contributed by atoms with E-state index in [4.69, 9.17) is 23.2 Å². The van der Waals surface area contributed by atoms with Gasteiger partial charge in [-0.2, -0.15) is 0 Å².